The number of aryl methyl sites for hydroxylation is 1. The molecule has 2 aromatic carbocycles. The quantitative estimate of drug-likeness (QED) is 0.645. The predicted molar refractivity (Wildman–Crippen MR) is 83.8 cm³/mol. The van der Waals surface area contributed by atoms with E-state index < -0.39 is 0 Å². The van der Waals surface area contributed by atoms with E-state index in [0.29, 0.717) is 16.9 Å². The van der Waals surface area contributed by atoms with Gasteiger partial charge in [-0.25, -0.2) is 0 Å². The Hall–Kier alpha value is -2.29. The zero-order chi connectivity index (χ0) is 14.5. The largest absolute Gasteiger partial charge is 0.399 e. The second-order valence-electron chi connectivity index (χ2n) is 4.97. The first-order chi connectivity index (χ1) is 9.61. The molecule has 0 bridgehead atoms. The molecule has 0 atom stereocenters. The number of carbonyl (C=O) groups is 1. The van der Waals surface area contributed by atoms with Gasteiger partial charge in [0.2, 0.25) is 0 Å². The molecule has 2 aromatic rings. The molecule has 104 valence electrons. The first kappa shape index (κ1) is 14.1. The van der Waals surface area contributed by atoms with Crippen molar-refractivity contribution in [2.75, 3.05) is 11.5 Å². The van der Waals surface area contributed by atoms with Crippen LogP contribution in [0.25, 0.3) is 0 Å². The number of carbonyl (C=O) groups excluding carboxylic acids is 1. The Kier molecular flexibility index (Phi) is 4.41. The number of hydrogen-bond donors (Lipinski definition) is 2. The fourth-order valence-electron chi connectivity index (χ4n) is 2.20. The Labute approximate surface area is 119 Å². The minimum atomic E-state index is 0.0242. The van der Waals surface area contributed by atoms with Gasteiger partial charge in [0.25, 0.3) is 0 Å². The first-order valence-corrected chi connectivity index (χ1v) is 6.90. The monoisotopic (exact) mass is 268 g/mol. The molecular weight excluding hydrogens is 248 g/mol. The number of benzene rings is 2. The SMILES string of the molecule is CCCCc1cc(N)ccc1C(=O)c1ccc(N)cc1. The summed E-state index contributed by atoms with van der Waals surface area (Å²) in [6.45, 7) is 2.13. The second-order valence-corrected chi connectivity index (χ2v) is 4.97. The van der Waals surface area contributed by atoms with Gasteiger partial charge in [-0.3, -0.25) is 4.79 Å². The lowest BCUT2D eigenvalue weighted by molar-refractivity contribution is 0.103. The van der Waals surface area contributed by atoms with Crippen LogP contribution in [0.1, 0.15) is 41.3 Å². The first-order valence-electron chi connectivity index (χ1n) is 6.90. The van der Waals surface area contributed by atoms with Crippen molar-refractivity contribution < 1.29 is 4.79 Å². The summed E-state index contributed by atoms with van der Waals surface area (Å²) in [4.78, 5) is 12.6. The van der Waals surface area contributed by atoms with Crippen molar-refractivity contribution in [2.45, 2.75) is 26.2 Å². The topological polar surface area (TPSA) is 69.1 Å². The highest BCUT2D eigenvalue weighted by Crippen LogP contribution is 2.20. The number of unbranched alkanes of at least 4 members (excludes halogenated alkanes) is 1. The normalized spacial score (nSPS) is 10.4. The Morgan fingerprint density at radius 2 is 1.65 bits per heavy atom. The Balaban J connectivity index is 2.35. The molecule has 4 N–H and O–H groups in total. The summed E-state index contributed by atoms with van der Waals surface area (Å²) in [5.74, 6) is 0.0242. The van der Waals surface area contributed by atoms with E-state index in [1.807, 2.05) is 12.1 Å². The molecule has 0 aliphatic carbocycles. The number of ketones is 1. The van der Waals surface area contributed by atoms with Crippen LogP contribution in [0.3, 0.4) is 0 Å². The molecule has 0 spiro atoms. The molecule has 0 radical (unpaired) electrons. The Bertz CT molecular complexity index is 603. The van der Waals surface area contributed by atoms with Crippen LogP contribution in [0.15, 0.2) is 42.5 Å². The summed E-state index contributed by atoms with van der Waals surface area (Å²) in [7, 11) is 0. The number of anilines is 2. The summed E-state index contributed by atoms with van der Waals surface area (Å²) in [5.41, 5.74) is 15.2. The molecule has 0 saturated carbocycles. The highest BCUT2D eigenvalue weighted by atomic mass is 16.1. The van der Waals surface area contributed by atoms with Crippen LogP contribution in [-0.2, 0) is 6.42 Å². The van der Waals surface area contributed by atoms with E-state index in [-0.39, 0.29) is 5.78 Å². The van der Waals surface area contributed by atoms with E-state index >= 15 is 0 Å². The molecule has 0 saturated heterocycles. The van der Waals surface area contributed by atoms with E-state index in [0.717, 1.165) is 30.4 Å². The van der Waals surface area contributed by atoms with E-state index in [4.69, 9.17) is 11.5 Å². The van der Waals surface area contributed by atoms with Crippen molar-refractivity contribution in [3.63, 3.8) is 0 Å². The van der Waals surface area contributed by atoms with Gasteiger partial charge < -0.3 is 11.5 Å². The number of nitrogens with two attached hydrogens (primary N) is 2. The van der Waals surface area contributed by atoms with E-state index in [1.54, 1.807) is 30.3 Å². The molecular formula is C17H20N2O. The Morgan fingerprint density at radius 3 is 2.30 bits per heavy atom. The van der Waals surface area contributed by atoms with Crippen molar-refractivity contribution in [2.24, 2.45) is 0 Å². The third-order valence-electron chi connectivity index (χ3n) is 3.35. The summed E-state index contributed by atoms with van der Waals surface area (Å²) in [5, 5.41) is 0. The maximum absolute atomic E-state index is 12.6. The van der Waals surface area contributed by atoms with Gasteiger partial charge in [0.05, 0.1) is 0 Å². The van der Waals surface area contributed by atoms with Crippen LogP contribution in [0.2, 0.25) is 0 Å². The number of hydrogen-bond acceptors (Lipinski definition) is 3. The average Bonchev–Trinajstić information content (AvgIpc) is 2.45. The fraction of sp³-hybridized carbons (Fsp3) is 0.235. The molecule has 3 nitrogen and oxygen atoms in total. The van der Waals surface area contributed by atoms with Crippen molar-refractivity contribution in [1.29, 1.82) is 0 Å². The third kappa shape index (κ3) is 3.18. The molecule has 0 aliphatic rings. The highest BCUT2D eigenvalue weighted by molar-refractivity contribution is 6.10. The highest BCUT2D eigenvalue weighted by Gasteiger charge is 2.13. The second kappa shape index (κ2) is 6.24. The van der Waals surface area contributed by atoms with Gasteiger partial charge in [0, 0.05) is 22.5 Å². The van der Waals surface area contributed by atoms with Gasteiger partial charge >= 0.3 is 0 Å². The van der Waals surface area contributed by atoms with Gasteiger partial charge in [0.15, 0.2) is 5.78 Å². The molecule has 0 amide bonds. The van der Waals surface area contributed by atoms with Gasteiger partial charge in [0.1, 0.15) is 0 Å². The van der Waals surface area contributed by atoms with Crippen molar-refractivity contribution in [3.05, 3.63) is 59.2 Å². The standard InChI is InChI=1S/C17H20N2O/c1-2-3-4-13-11-15(19)9-10-16(13)17(20)12-5-7-14(18)8-6-12/h5-11H,2-4,18-19H2,1H3. The average molecular weight is 268 g/mol. The molecule has 3 heteroatoms. The molecule has 0 unspecified atom stereocenters. The molecule has 20 heavy (non-hydrogen) atoms. The van der Waals surface area contributed by atoms with Crippen LogP contribution in [-0.4, -0.2) is 5.78 Å². The smallest absolute Gasteiger partial charge is 0.193 e. The summed E-state index contributed by atoms with van der Waals surface area (Å²) < 4.78 is 0. The van der Waals surface area contributed by atoms with Crippen molar-refractivity contribution >= 4 is 17.2 Å². The number of nitrogen functional groups attached to an aromatic ring is 2. The lowest BCUT2D eigenvalue weighted by atomic mass is 9.95. The maximum atomic E-state index is 12.6. The van der Waals surface area contributed by atoms with E-state index in [9.17, 15) is 4.79 Å². The Morgan fingerprint density at radius 1 is 1.00 bits per heavy atom. The van der Waals surface area contributed by atoms with Gasteiger partial charge in [-0.1, -0.05) is 13.3 Å². The van der Waals surface area contributed by atoms with Crippen LogP contribution >= 0.6 is 0 Å². The molecule has 0 aliphatic heterocycles. The summed E-state index contributed by atoms with van der Waals surface area (Å²) in [6, 6.07) is 12.5. The van der Waals surface area contributed by atoms with Crippen LogP contribution in [0.5, 0.6) is 0 Å². The summed E-state index contributed by atoms with van der Waals surface area (Å²) >= 11 is 0. The molecule has 2 rings (SSSR count). The zero-order valence-electron chi connectivity index (χ0n) is 11.7. The number of rotatable bonds is 5. The predicted octanol–water partition coefficient (Wildman–Crippen LogP) is 3.42. The van der Waals surface area contributed by atoms with Crippen LogP contribution in [0.4, 0.5) is 11.4 Å². The van der Waals surface area contributed by atoms with Gasteiger partial charge in [-0.2, -0.15) is 0 Å². The van der Waals surface area contributed by atoms with Gasteiger partial charge in [-0.15, -0.1) is 0 Å². The lowest BCUT2D eigenvalue weighted by Crippen LogP contribution is -2.06. The minimum absolute atomic E-state index is 0.0242. The maximum Gasteiger partial charge on any atom is 0.193 e. The van der Waals surface area contributed by atoms with Crippen molar-refractivity contribution in [3.8, 4) is 0 Å². The zero-order valence-corrected chi connectivity index (χ0v) is 11.7. The van der Waals surface area contributed by atoms with Crippen LogP contribution < -0.4 is 11.5 Å². The molecule has 0 aromatic heterocycles. The lowest BCUT2D eigenvalue weighted by Gasteiger charge is -2.10. The molecule has 0 heterocycles. The van der Waals surface area contributed by atoms with Crippen molar-refractivity contribution in [1.82, 2.24) is 0 Å². The van der Waals surface area contributed by atoms with Gasteiger partial charge in [-0.05, 0) is 60.9 Å². The third-order valence-corrected chi connectivity index (χ3v) is 3.35. The van der Waals surface area contributed by atoms with Crippen LogP contribution in [0, 0.1) is 0 Å². The van der Waals surface area contributed by atoms with E-state index in [1.165, 1.54) is 0 Å². The fourth-order valence-corrected chi connectivity index (χ4v) is 2.20. The minimum Gasteiger partial charge on any atom is -0.399 e. The van der Waals surface area contributed by atoms with E-state index in [2.05, 4.69) is 6.92 Å². The summed E-state index contributed by atoms with van der Waals surface area (Å²) in [6.07, 6.45) is 3.01. The molecule has 0 fully saturated rings.